The van der Waals surface area contributed by atoms with Crippen LogP contribution < -0.4 is 4.74 Å². The molecule has 28 heavy (non-hydrogen) atoms. The van der Waals surface area contributed by atoms with Gasteiger partial charge in [-0.05, 0) is 49.7 Å². The number of likely N-dealkylation sites (tertiary alicyclic amines) is 1. The van der Waals surface area contributed by atoms with Crippen molar-refractivity contribution in [3.8, 4) is 11.5 Å². The zero-order chi connectivity index (χ0) is 18.8. The van der Waals surface area contributed by atoms with Crippen LogP contribution in [0.15, 0.2) is 36.4 Å². The van der Waals surface area contributed by atoms with Gasteiger partial charge in [-0.25, -0.2) is 0 Å². The van der Waals surface area contributed by atoms with Gasteiger partial charge in [0.2, 0.25) is 0 Å². The second-order valence-corrected chi connectivity index (χ2v) is 9.03. The molecule has 0 unspecified atom stereocenters. The number of para-hydroxylation sites is 1. The SMILES string of the molecule is CN1CC[C@]23c4c5ccc(O)c4O[C@H]2c2[nH]c4ccccc4c2C[C@@]3(O)[C@@H]1C5. The van der Waals surface area contributed by atoms with Crippen molar-refractivity contribution in [1.29, 1.82) is 0 Å². The van der Waals surface area contributed by atoms with Gasteiger partial charge in [0, 0.05) is 28.9 Å². The van der Waals surface area contributed by atoms with Crippen LogP contribution in [0.2, 0.25) is 0 Å². The van der Waals surface area contributed by atoms with Gasteiger partial charge in [-0.3, -0.25) is 0 Å². The van der Waals surface area contributed by atoms with E-state index in [4.69, 9.17) is 4.74 Å². The fourth-order valence-corrected chi connectivity index (χ4v) is 6.85. The minimum absolute atomic E-state index is 0.0390. The number of H-pyrrole nitrogens is 1. The number of benzene rings is 2. The highest BCUT2D eigenvalue weighted by Gasteiger charge is 2.72. The zero-order valence-electron chi connectivity index (χ0n) is 15.7. The molecule has 1 saturated heterocycles. The van der Waals surface area contributed by atoms with Gasteiger partial charge in [-0.2, -0.15) is 0 Å². The van der Waals surface area contributed by atoms with E-state index in [0.29, 0.717) is 12.2 Å². The molecule has 142 valence electrons. The number of phenolic OH excluding ortho intramolecular Hbond substituents is 1. The molecular weight excluding hydrogens is 352 g/mol. The number of aromatic nitrogens is 1. The maximum Gasteiger partial charge on any atom is 0.166 e. The normalized spacial score (nSPS) is 34.8. The van der Waals surface area contributed by atoms with Crippen molar-refractivity contribution < 1.29 is 14.9 Å². The Morgan fingerprint density at radius 1 is 1.21 bits per heavy atom. The molecule has 5 nitrogen and oxygen atoms in total. The number of piperidine rings is 1. The highest BCUT2D eigenvalue weighted by molar-refractivity contribution is 5.86. The number of rotatable bonds is 0. The predicted molar refractivity (Wildman–Crippen MR) is 105 cm³/mol. The quantitative estimate of drug-likeness (QED) is 0.566. The lowest BCUT2D eigenvalue weighted by Gasteiger charge is -2.62. The molecule has 3 aromatic rings. The third-order valence-corrected chi connectivity index (χ3v) is 8.04. The predicted octanol–water partition coefficient (Wildman–Crippen LogP) is 2.79. The number of phenols is 1. The Hall–Kier alpha value is -2.50. The number of aliphatic hydroxyl groups is 1. The van der Waals surface area contributed by atoms with Gasteiger partial charge in [0.1, 0.15) is 0 Å². The molecular formula is C23H22N2O3. The number of hydrogen-bond acceptors (Lipinski definition) is 4. The summed E-state index contributed by atoms with van der Waals surface area (Å²) in [5.41, 5.74) is 4.13. The van der Waals surface area contributed by atoms with Crippen molar-refractivity contribution in [3.63, 3.8) is 0 Å². The van der Waals surface area contributed by atoms with Crippen molar-refractivity contribution in [2.24, 2.45) is 0 Å². The van der Waals surface area contributed by atoms with Crippen molar-refractivity contribution >= 4 is 10.9 Å². The molecule has 4 atom stereocenters. The number of fused-ring (bicyclic) bond motifs is 4. The number of aromatic amines is 1. The zero-order valence-corrected chi connectivity index (χ0v) is 15.7. The van der Waals surface area contributed by atoms with Crippen LogP contribution in [0.1, 0.15) is 34.9 Å². The minimum atomic E-state index is -0.922. The van der Waals surface area contributed by atoms with Crippen LogP contribution in [0.5, 0.6) is 11.5 Å². The molecule has 3 N–H and O–H groups in total. The van der Waals surface area contributed by atoms with E-state index >= 15 is 0 Å². The Balaban J connectivity index is 1.62. The minimum Gasteiger partial charge on any atom is -0.504 e. The molecule has 1 fully saturated rings. The summed E-state index contributed by atoms with van der Waals surface area (Å²) in [4.78, 5) is 5.92. The molecule has 7 rings (SSSR count). The third-order valence-electron chi connectivity index (χ3n) is 8.04. The van der Waals surface area contributed by atoms with Gasteiger partial charge < -0.3 is 24.8 Å². The Labute approximate surface area is 162 Å². The Morgan fingerprint density at radius 2 is 2.07 bits per heavy atom. The summed E-state index contributed by atoms with van der Waals surface area (Å²) >= 11 is 0. The third kappa shape index (κ3) is 1.42. The summed E-state index contributed by atoms with van der Waals surface area (Å²) < 4.78 is 6.51. The summed E-state index contributed by atoms with van der Waals surface area (Å²) in [6.07, 6.45) is 1.91. The Bertz CT molecular complexity index is 1180. The molecule has 3 heterocycles. The number of hydrogen-bond donors (Lipinski definition) is 3. The van der Waals surface area contributed by atoms with E-state index in [0.717, 1.165) is 47.1 Å². The second-order valence-electron chi connectivity index (χ2n) is 9.03. The molecule has 0 saturated carbocycles. The number of nitrogens with zero attached hydrogens (tertiary/aromatic N) is 1. The van der Waals surface area contributed by atoms with Gasteiger partial charge in [-0.1, -0.05) is 24.3 Å². The lowest BCUT2D eigenvalue weighted by molar-refractivity contribution is -0.167. The Kier molecular flexibility index (Phi) is 2.51. The largest absolute Gasteiger partial charge is 0.504 e. The van der Waals surface area contributed by atoms with Crippen LogP contribution in [0.3, 0.4) is 0 Å². The summed E-state index contributed by atoms with van der Waals surface area (Å²) in [6, 6.07) is 12.1. The van der Waals surface area contributed by atoms with Crippen LogP contribution in [0, 0.1) is 0 Å². The maximum atomic E-state index is 12.4. The van der Waals surface area contributed by atoms with Crippen molar-refractivity contribution in [3.05, 3.63) is 58.8 Å². The number of aromatic hydroxyl groups is 1. The summed E-state index contributed by atoms with van der Waals surface area (Å²) in [6.45, 7) is 0.914. The molecule has 2 aromatic carbocycles. The van der Waals surface area contributed by atoms with Crippen molar-refractivity contribution in [2.75, 3.05) is 13.6 Å². The monoisotopic (exact) mass is 374 g/mol. The smallest absolute Gasteiger partial charge is 0.166 e. The topological polar surface area (TPSA) is 68.7 Å². The standard InChI is InChI=1S/C23H22N2O3/c1-25-9-8-22-18-12-6-7-16(26)20(18)28-21(22)19-14(11-23(22,27)17(25)10-12)13-4-2-3-5-15(13)24-19/h2-7,17,21,24,26-27H,8-11H2,1H3/t17-,21-,22-,23+/m0/s1. The van der Waals surface area contributed by atoms with E-state index in [1.54, 1.807) is 6.07 Å². The summed E-state index contributed by atoms with van der Waals surface area (Å²) in [5.74, 6) is 0.760. The van der Waals surface area contributed by atoms with E-state index in [-0.39, 0.29) is 17.9 Å². The van der Waals surface area contributed by atoms with Crippen LogP contribution in [0.25, 0.3) is 10.9 Å². The summed E-state index contributed by atoms with van der Waals surface area (Å²) in [7, 11) is 2.12. The van der Waals surface area contributed by atoms with Crippen LogP contribution in [-0.4, -0.2) is 45.3 Å². The van der Waals surface area contributed by atoms with Crippen molar-refractivity contribution in [2.45, 2.75) is 42.4 Å². The van der Waals surface area contributed by atoms with Gasteiger partial charge in [0.15, 0.2) is 17.6 Å². The fraction of sp³-hybridized carbons (Fsp3) is 0.391. The summed E-state index contributed by atoms with van der Waals surface area (Å²) in [5, 5.41) is 24.1. The van der Waals surface area contributed by atoms with Crippen molar-refractivity contribution in [1.82, 2.24) is 9.88 Å². The van der Waals surface area contributed by atoms with E-state index in [1.165, 1.54) is 5.56 Å². The highest BCUT2D eigenvalue weighted by atomic mass is 16.5. The van der Waals surface area contributed by atoms with Gasteiger partial charge in [0.25, 0.3) is 0 Å². The van der Waals surface area contributed by atoms with Gasteiger partial charge >= 0.3 is 0 Å². The lowest BCUT2D eigenvalue weighted by Crippen LogP contribution is -2.73. The number of ether oxygens (including phenoxy) is 1. The lowest BCUT2D eigenvalue weighted by atomic mass is 9.49. The maximum absolute atomic E-state index is 12.4. The van der Waals surface area contributed by atoms with Crippen LogP contribution in [0.4, 0.5) is 0 Å². The number of likely N-dealkylation sites (N-methyl/N-ethyl adjacent to an activating group) is 1. The first-order chi connectivity index (χ1) is 13.5. The highest BCUT2D eigenvalue weighted by Crippen LogP contribution is 2.68. The first-order valence-corrected chi connectivity index (χ1v) is 10.1. The molecule has 1 aromatic heterocycles. The molecule has 0 amide bonds. The number of nitrogens with one attached hydrogen (secondary N) is 1. The van der Waals surface area contributed by atoms with E-state index in [1.807, 2.05) is 18.2 Å². The molecule has 1 spiro atoms. The average Bonchev–Trinajstić information content (AvgIpc) is 3.22. The first kappa shape index (κ1) is 15.4. The molecule has 2 aliphatic heterocycles. The van der Waals surface area contributed by atoms with E-state index in [9.17, 15) is 10.2 Å². The second kappa shape index (κ2) is 4.56. The van der Waals surface area contributed by atoms with Gasteiger partial charge in [-0.15, -0.1) is 0 Å². The molecule has 2 aliphatic carbocycles. The van der Waals surface area contributed by atoms with Gasteiger partial charge in [0.05, 0.1) is 16.7 Å². The van der Waals surface area contributed by atoms with Crippen LogP contribution in [-0.2, 0) is 18.3 Å². The molecule has 5 heteroatoms. The molecule has 2 bridgehead atoms. The van der Waals surface area contributed by atoms with E-state index < -0.39 is 11.0 Å². The Morgan fingerprint density at radius 3 is 2.96 bits per heavy atom. The van der Waals surface area contributed by atoms with E-state index in [2.05, 4.69) is 29.1 Å². The molecule has 0 radical (unpaired) electrons. The molecule has 4 aliphatic rings. The van der Waals surface area contributed by atoms with Crippen LogP contribution >= 0.6 is 0 Å². The first-order valence-electron chi connectivity index (χ1n) is 10.1. The average molecular weight is 374 g/mol. The fourth-order valence-electron chi connectivity index (χ4n) is 6.85.